The van der Waals surface area contributed by atoms with Crippen LogP contribution in [0.25, 0.3) is 0 Å². The molecule has 0 saturated carbocycles. The minimum Gasteiger partial charge on any atom is -0.481 e. The molecule has 5 nitrogen and oxygen atoms in total. The molecule has 112 valence electrons. The maximum Gasteiger partial charge on any atom is 0.308 e. The number of aliphatic carboxylic acids is 1. The number of nitrogens with zero attached hydrogens (tertiary/aromatic N) is 1. The molecule has 2 rings (SSSR count). The fourth-order valence-corrected chi connectivity index (χ4v) is 3.57. The van der Waals surface area contributed by atoms with E-state index in [9.17, 15) is 9.59 Å². The number of carbonyl (C=O) groups is 2. The summed E-state index contributed by atoms with van der Waals surface area (Å²) < 4.78 is 0. The topological polar surface area (TPSA) is 79.3 Å². The first kappa shape index (κ1) is 15.7. The Balaban J connectivity index is 1.84. The van der Waals surface area contributed by atoms with E-state index in [0.29, 0.717) is 6.54 Å². The van der Waals surface area contributed by atoms with Gasteiger partial charge in [-0.1, -0.05) is 0 Å². The van der Waals surface area contributed by atoms with Crippen molar-refractivity contribution < 1.29 is 14.7 Å². The second kappa shape index (κ2) is 7.33. The van der Waals surface area contributed by atoms with E-state index in [1.54, 1.807) is 11.3 Å². The number of thiophene rings is 1. The molecular formula is C14H16N2O3S2. The second-order valence-corrected chi connectivity index (χ2v) is 6.78. The van der Waals surface area contributed by atoms with Gasteiger partial charge in [0.15, 0.2) is 0 Å². The van der Waals surface area contributed by atoms with Gasteiger partial charge in [-0.3, -0.25) is 9.59 Å². The molecule has 0 aromatic carbocycles. The predicted octanol–water partition coefficient (Wildman–Crippen LogP) is 2.25. The molecule has 1 amide bonds. The third-order valence-corrected chi connectivity index (χ3v) is 4.80. The summed E-state index contributed by atoms with van der Waals surface area (Å²) in [5.74, 6) is -0.859. The number of hydrogen-bond donors (Lipinski definition) is 2. The minimum atomic E-state index is -0.800. The lowest BCUT2D eigenvalue weighted by Crippen LogP contribution is -2.18. The van der Waals surface area contributed by atoms with E-state index in [1.165, 1.54) is 23.1 Å². The summed E-state index contributed by atoms with van der Waals surface area (Å²) in [5.41, 5.74) is 1.01. The molecule has 2 heterocycles. The van der Waals surface area contributed by atoms with Crippen molar-refractivity contribution in [3.63, 3.8) is 0 Å². The molecule has 7 heteroatoms. The quantitative estimate of drug-likeness (QED) is 0.819. The Hall–Kier alpha value is -1.73. The van der Waals surface area contributed by atoms with E-state index < -0.39 is 5.97 Å². The molecule has 2 aromatic heterocycles. The van der Waals surface area contributed by atoms with Gasteiger partial charge in [0.25, 0.3) is 0 Å². The monoisotopic (exact) mass is 324 g/mol. The average molecular weight is 324 g/mol. The molecule has 0 aliphatic rings. The number of thiazole rings is 1. The van der Waals surface area contributed by atoms with Crippen LogP contribution in [0.1, 0.15) is 27.4 Å². The maximum atomic E-state index is 10.8. The maximum absolute atomic E-state index is 10.8. The van der Waals surface area contributed by atoms with Crippen LogP contribution in [-0.2, 0) is 35.4 Å². The van der Waals surface area contributed by atoms with Crippen LogP contribution in [0, 0.1) is 0 Å². The van der Waals surface area contributed by atoms with Crippen LogP contribution in [0.5, 0.6) is 0 Å². The summed E-state index contributed by atoms with van der Waals surface area (Å²) in [6.45, 7) is 1.96. The van der Waals surface area contributed by atoms with E-state index in [1.807, 2.05) is 17.5 Å². The van der Waals surface area contributed by atoms with Crippen LogP contribution in [-0.4, -0.2) is 22.0 Å². The molecule has 0 aliphatic carbocycles. The highest BCUT2D eigenvalue weighted by molar-refractivity contribution is 7.12. The summed E-state index contributed by atoms with van der Waals surface area (Å²) in [5, 5.41) is 14.4. The molecule has 0 bridgehead atoms. The third kappa shape index (κ3) is 5.28. The van der Waals surface area contributed by atoms with Gasteiger partial charge in [0.1, 0.15) is 5.01 Å². The minimum absolute atomic E-state index is 0.0590. The highest BCUT2D eigenvalue weighted by Gasteiger charge is 2.07. The van der Waals surface area contributed by atoms with E-state index >= 15 is 0 Å². The zero-order chi connectivity index (χ0) is 15.2. The summed E-state index contributed by atoms with van der Waals surface area (Å²) >= 11 is 3.08. The second-order valence-electron chi connectivity index (χ2n) is 4.58. The van der Waals surface area contributed by atoms with Gasteiger partial charge < -0.3 is 10.4 Å². The number of aromatic nitrogens is 1. The molecule has 0 radical (unpaired) electrons. The zero-order valence-electron chi connectivity index (χ0n) is 11.6. The first-order valence-electron chi connectivity index (χ1n) is 6.50. The Labute approximate surface area is 130 Å². The number of carbonyl (C=O) groups excluding carboxylic acids is 1. The van der Waals surface area contributed by atoms with Crippen LogP contribution in [0.4, 0.5) is 0 Å². The number of rotatable bonds is 7. The Kier molecular flexibility index (Phi) is 5.46. The van der Waals surface area contributed by atoms with Crippen molar-refractivity contribution in [1.29, 1.82) is 0 Å². The van der Waals surface area contributed by atoms with Gasteiger partial charge in [0.05, 0.1) is 18.7 Å². The van der Waals surface area contributed by atoms with Gasteiger partial charge in [-0.25, -0.2) is 4.98 Å². The summed E-state index contributed by atoms with van der Waals surface area (Å²) in [7, 11) is 0. The molecule has 0 fully saturated rings. The highest BCUT2D eigenvalue weighted by Crippen LogP contribution is 2.20. The number of hydrogen-bond acceptors (Lipinski definition) is 5. The fraction of sp³-hybridized carbons (Fsp3) is 0.357. The number of carboxylic acid groups (broad SMARTS) is 1. The lowest BCUT2D eigenvalue weighted by atomic mass is 10.2. The highest BCUT2D eigenvalue weighted by atomic mass is 32.1. The molecule has 2 aromatic rings. The predicted molar refractivity (Wildman–Crippen MR) is 82.7 cm³/mol. The normalized spacial score (nSPS) is 10.5. The Bertz CT molecular complexity index is 634. The Morgan fingerprint density at radius 1 is 1.29 bits per heavy atom. The average Bonchev–Trinajstić information content (AvgIpc) is 3.02. The van der Waals surface area contributed by atoms with E-state index in [4.69, 9.17) is 5.11 Å². The molecule has 21 heavy (non-hydrogen) atoms. The van der Waals surface area contributed by atoms with Crippen molar-refractivity contribution in [1.82, 2.24) is 10.3 Å². The largest absolute Gasteiger partial charge is 0.481 e. The molecule has 2 N–H and O–H groups in total. The van der Waals surface area contributed by atoms with Crippen LogP contribution in [0.3, 0.4) is 0 Å². The van der Waals surface area contributed by atoms with Gasteiger partial charge in [-0.15, -0.1) is 22.7 Å². The van der Waals surface area contributed by atoms with Crippen molar-refractivity contribution in [3.05, 3.63) is 38.0 Å². The van der Waals surface area contributed by atoms with Gasteiger partial charge >= 0.3 is 5.97 Å². The number of amides is 1. The van der Waals surface area contributed by atoms with Crippen molar-refractivity contribution in [3.8, 4) is 0 Å². The van der Waals surface area contributed by atoms with E-state index in [-0.39, 0.29) is 12.3 Å². The number of nitrogens with one attached hydrogen (secondary N) is 1. The SMILES string of the molecule is CC(=O)NCc1nc(CCc2ccc(CC(=O)O)s2)cs1. The number of carboxylic acids is 1. The third-order valence-electron chi connectivity index (χ3n) is 2.76. The van der Waals surface area contributed by atoms with Crippen LogP contribution in [0.2, 0.25) is 0 Å². The lowest BCUT2D eigenvalue weighted by molar-refractivity contribution is -0.136. The number of aryl methyl sites for hydroxylation is 2. The van der Waals surface area contributed by atoms with Crippen molar-refractivity contribution in [2.45, 2.75) is 32.7 Å². The van der Waals surface area contributed by atoms with Crippen LogP contribution < -0.4 is 5.32 Å². The first-order valence-corrected chi connectivity index (χ1v) is 8.19. The van der Waals surface area contributed by atoms with Gasteiger partial charge in [0, 0.05) is 22.1 Å². The Morgan fingerprint density at radius 3 is 2.76 bits per heavy atom. The van der Waals surface area contributed by atoms with E-state index in [0.717, 1.165) is 28.4 Å². The van der Waals surface area contributed by atoms with Crippen molar-refractivity contribution in [2.75, 3.05) is 0 Å². The summed E-state index contributed by atoms with van der Waals surface area (Å²) in [6.07, 6.45) is 1.76. The fourth-order valence-electron chi connectivity index (χ4n) is 1.80. The van der Waals surface area contributed by atoms with Gasteiger partial charge in [-0.2, -0.15) is 0 Å². The zero-order valence-corrected chi connectivity index (χ0v) is 13.2. The lowest BCUT2D eigenvalue weighted by Gasteiger charge is -1.97. The Morgan fingerprint density at radius 2 is 2.05 bits per heavy atom. The van der Waals surface area contributed by atoms with Crippen LogP contribution >= 0.6 is 22.7 Å². The van der Waals surface area contributed by atoms with Gasteiger partial charge in [-0.05, 0) is 25.0 Å². The molecule has 0 atom stereocenters. The molecule has 0 spiro atoms. The smallest absolute Gasteiger partial charge is 0.308 e. The summed E-state index contributed by atoms with van der Waals surface area (Å²) in [4.78, 5) is 28.0. The molecular weight excluding hydrogens is 308 g/mol. The van der Waals surface area contributed by atoms with Crippen molar-refractivity contribution >= 4 is 34.6 Å². The standard InChI is InChI=1S/C14H16N2O3S2/c1-9(17)15-7-13-16-10(8-20-13)2-3-11-4-5-12(21-11)6-14(18)19/h4-5,8H,2-3,6-7H2,1H3,(H,15,17)(H,18,19). The van der Waals surface area contributed by atoms with Crippen molar-refractivity contribution in [2.24, 2.45) is 0 Å². The molecule has 0 aliphatic heterocycles. The van der Waals surface area contributed by atoms with Crippen LogP contribution in [0.15, 0.2) is 17.5 Å². The molecule has 0 saturated heterocycles. The van der Waals surface area contributed by atoms with Gasteiger partial charge in [0.2, 0.25) is 5.91 Å². The van der Waals surface area contributed by atoms with E-state index in [2.05, 4.69) is 10.3 Å². The molecule has 0 unspecified atom stereocenters. The first-order chi connectivity index (χ1) is 10.0. The summed E-state index contributed by atoms with van der Waals surface area (Å²) in [6, 6.07) is 3.85.